The number of unbranched alkanes of at least 4 members (excludes halogenated alkanes) is 1. The zero-order valence-corrected chi connectivity index (χ0v) is 7.23. The minimum atomic E-state index is 0.297. The molecule has 0 aromatic rings. The number of carbonyl (C=O) groups excluding carboxylic acids is 1. The molecule has 1 rings (SSSR count). The van der Waals surface area contributed by atoms with Crippen molar-refractivity contribution in [2.75, 3.05) is 0 Å². The summed E-state index contributed by atoms with van der Waals surface area (Å²) in [5, 5.41) is 0. The predicted octanol–water partition coefficient (Wildman–Crippen LogP) is 2.71. The number of ketones is 1. The Kier molecular flexibility index (Phi) is 2.86. The fraction of sp³-hybridized carbons (Fsp3) is 0.700. The zero-order valence-electron chi connectivity index (χ0n) is 7.23. The maximum absolute atomic E-state index is 11.0. The van der Waals surface area contributed by atoms with E-state index in [-0.39, 0.29) is 0 Å². The number of Topliss-reactive ketones (excluding diaryl/α,β-unsaturated/α-hetero) is 1. The van der Waals surface area contributed by atoms with E-state index in [1.54, 1.807) is 0 Å². The van der Waals surface area contributed by atoms with Gasteiger partial charge in [0, 0.05) is 6.42 Å². The van der Waals surface area contributed by atoms with Gasteiger partial charge in [0.2, 0.25) is 0 Å². The van der Waals surface area contributed by atoms with E-state index < -0.39 is 0 Å². The maximum atomic E-state index is 11.0. The first-order valence-corrected chi connectivity index (χ1v) is 4.47. The Hall–Kier alpha value is -0.590. The van der Waals surface area contributed by atoms with E-state index in [1.165, 1.54) is 19.3 Å². The van der Waals surface area contributed by atoms with E-state index in [0.717, 1.165) is 18.4 Å². The normalized spacial score (nSPS) is 24.6. The van der Waals surface area contributed by atoms with Gasteiger partial charge in [-0.25, -0.2) is 0 Å². The molecule has 0 unspecified atom stereocenters. The number of rotatable bonds is 3. The van der Waals surface area contributed by atoms with Crippen molar-refractivity contribution in [3.05, 3.63) is 12.2 Å². The highest BCUT2D eigenvalue weighted by Crippen LogP contribution is 2.30. The van der Waals surface area contributed by atoms with Gasteiger partial charge in [0.05, 0.1) is 0 Å². The first-order chi connectivity index (χ1) is 5.25. The summed E-state index contributed by atoms with van der Waals surface area (Å²) >= 11 is 0. The fourth-order valence-corrected chi connectivity index (χ4v) is 1.64. The average Bonchev–Trinajstić information content (AvgIpc) is 2.31. The Morgan fingerprint density at radius 2 is 2.36 bits per heavy atom. The summed E-state index contributed by atoms with van der Waals surface area (Å²) in [6.45, 7) is 6.00. The smallest absolute Gasteiger partial charge is 0.158 e. The lowest BCUT2D eigenvalue weighted by molar-refractivity contribution is -0.114. The maximum Gasteiger partial charge on any atom is 0.158 e. The Balaban J connectivity index is 2.36. The van der Waals surface area contributed by atoms with Crippen LogP contribution in [0, 0.1) is 5.92 Å². The molecule has 1 fully saturated rings. The second kappa shape index (κ2) is 3.70. The lowest BCUT2D eigenvalue weighted by Crippen LogP contribution is -1.99. The summed E-state index contributed by atoms with van der Waals surface area (Å²) in [4.78, 5) is 11.0. The third kappa shape index (κ3) is 1.92. The van der Waals surface area contributed by atoms with E-state index in [9.17, 15) is 4.79 Å². The SMILES string of the molecule is C=C1C(=O)CC[C@@H]1CCCC. The highest BCUT2D eigenvalue weighted by atomic mass is 16.1. The lowest BCUT2D eigenvalue weighted by atomic mass is 9.97. The first kappa shape index (κ1) is 8.51. The lowest BCUT2D eigenvalue weighted by Gasteiger charge is -2.07. The highest BCUT2D eigenvalue weighted by Gasteiger charge is 2.25. The standard InChI is InChI=1S/C10H16O/c1-3-4-5-9-6-7-10(11)8(9)2/h9H,2-7H2,1H3/t9-/m0/s1. The highest BCUT2D eigenvalue weighted by molar-refractivity contribution is 5.97. The number of allylic oxidation sites excluding steroid dienone is 1. The van der Waals surface area contributed by atoms with Gasteiger partial charge < -0.3 is 0 Å². The molecule has 0 spiro atoms. The van der Waals surface area contributed by atoms with Crippen LogP contribution >= 0.6 is 0 Å². The quantitative estimate of drug-likeness (QED) is 0.568. The molecule has 0 amide bonds. The van der Waals surface area contributed by atoms with Crippen LogP contribution in [0.2, 0.25) is 0 Å². The third-order valence-electron chi connectivity index (χ3n) is 2.48. The van der Waals surface area contributed by atoms with Crippen molar-refractivity contribution in [1.29, 1.82) is 0 Å². The van der Waals surface area contributed by atoms with Gasteiger partial charge in [-0.15, -0.1) is 0 Å². The molecule has 0 aromatic carbocycles. The van der Waals surface area contributed by atoms with Gasteiger partial charge in [-0.2, -0.15) is 0 Å². The van der Waals surface area contributed by atoms with Crippen molar-refractivity contribution in [3.63, 3.8) is 0 Å². The van der Waals surface area contributed by atoms with Crippen molar-refractivity contribution in [2.45, 2.75) is 39.0 Å². The molecule has 0 aromatic heterocycles. The monoisotopic (exact) mass is 152 g/mol. The van der Waals surface area contributed by atoms with Gasteiger partial charge in [0.15, 0.2) is 5.78 Å². The molecule has 1 saturated carbocycles. The van der Waals surface area contributed by atoms with Crippen LogP contribution in [-0.2, 0) is 4.79 Å². The summed E-state index contributed by atoms with van der Waals surface area (Å²) in [5.74, 6) is 0.813. The number of carbonyl (C=O) groups is 1. The molecule has 1 nitrogen and oxygen atoms in total. The van der Waals surface area contributed by atoms with E-state index in [0.29, 0.717) is 11.7 Å². The molecule has 1 heteroatoms. The van der Waals surface area contributed by atoms with Crippen LogP contribution in [0.5, 0.6) is 0 Å². The molecule has 0 aliphatic heterocycles. The van der Waals surface area contributed by atoms with Crippen LogP contribution in [-0.4, -0.2) is 5.78 Å². The molecule has 11 heavy (non-hydrogen) atoms. The van der Waals surface area contributed by atoms with Crippen molar-refractivity contribution >= 4 is 5.78 Å². The molecule has 0 bridgehead atoms. The fourth-order valence-electron chi connectivity index (χ4n) is 1.64. The van der Waals surface area contributed by atoms with Crippen LogP contribution in [0.25, 0.3) is 0 Å². The molecule has 0 heterocycles. The molecular weight excluding hydrogens is 136 g/mol. The second-order valence-electron chi connectivity index (χ2n) is 3.33. The predicted molar refractivity (Wildman–Crippen MR) is 46.4 cm³/mol. The first-order valence-electron chi connectivity index (χ1n) is 4.47. The average molecular weight is 152 g/mol. The van der Waals surface area contributed by atoms with Gasteiger partial charge in [0.25, 0.3) is 0 Å². The Bertz CT molecular complexity index is 170. The van der Waals surface area contributed by atoms with Crippen molar-refractivity contribution < 1.29 is 4.79 Å². The van der Waals surface area contributed by atoms with Crippen LogP contribution in [0.3, 0.4) is 0 Å². The number of hydrogen-bond donors (Lipinski definition) is 0. The Morgan fingerprint density at radius 1 is 1.64 bits per heavy atom. The van der Waals surface area contributed by atoms with Crippen molar-refractivity contribution in [3.8, 4) is 0 Å². The summed E-state index contributed by atoms with van der Waals surface area (Å²) in [5.41, 5.74) is 0.887. The third-order valence-corrected chi connectivity index (χ3v) is 2.48. The van der Waals surface area contributed by atoms with E-state index in [1.807, 2.05) is 0 Å². The van der Waals surface area contributed by atoms with Gasteiger partial charge in [-0.3, -0.25) is 4.79 Å². The molecule has 1 aliphatic rings. The Morgan fingerprint density at radius 3 is 2.82 bits per heavy atom. The molecule has 0 saturated heterocycles. The molecular formula is C10H16O. The van der Waals surface area contributed by atoms with Crippen LogP contribution < -0.4 is 0 Å². The van der Waals surface area contributed by atoms with Gasteiger partial charge in [-0.1, -0.05) is 26.3 Å². The van der Waals surface area contributed by atoms with Gasteiger partial charge >= 0.3 is 0 Å². The van der Waals surface area contributed by atoms with E-state index in [2.05, 4.69) is 13.5 Å². The van der Waals surface area contributed by atoms with Crippen LogP contribution in [0.1, 0.15) is 39.0 Å². The van der Waals surface area contributed by atoms with Gasteiger partial charge in [0.1, 0.15) is 0 Å². The van der Waals surface area contributed by atoms with Crippen LogP contribution in [0.15, 0.2) is 12.2 Å². The van der Waals surface area contributed by atoms with Crippen LogP contribution in [0.4, 0.5) is 0 Å². The van der Waals surface area contributed by atoms with Crippen molar-refractivity contribution in [2.24, 2.45) is 5.92 Å². The summed E-state index contributed by atoms with van der Waals surface area (Å²) < 4.78 is 0. The molecule has 1 atom stereocenters. The molecule has 62 valence electrons. The molecule has 0 radical (unpaired) electrons. The largest absolute Gasteiger partial charge is 0.295 e. The minimum absolute atomic E-state index is 0.297. The van der Waals surface area contributed by atoms with E-state index >= 15 is 0 Å². The number of hydrogen-bond acceptors (Lipinski definition) is 1. The zero-order chi connectivity index (χ0) is 8.27. The van der Waals surface area contributed by atoms with E-state index in [4.69, 9.17) is 0 Å². The second-order valence-corrected chi connectivity index (χ2v) is 3.33. The topological polar surface area (TPSA) is 17.1 Å². The Labute approximate surface area is 68.5 Å². The summed E-state index contributed by atoms with van der Waals surface area (Å²) in [7, 11) is 0. The van der Waals surface area contributed by atoms with Crippen molar-refractivity contribution in [1.82, 2.24) is 0 Å². The minimum Gasteiger partial charge on any atom is -0.295 e. The molecule has 1 aliphatic carbocycles. The van der Waals surface area contributed by atoms with Gasteiger partial charge in [-0.05, 0) is 24.3 Å². The molecule has 0 N–H and O–H groups in total. The summed E-state index contributed by atoms with van der Waals surface area (Å²) in [6.07, 6.45) is 5.42. The summed E-state index contributed by atoms with van der Waals surface area (Å²) in [6, 6.07) is 0.